The fourth-order valence-electron chi connectivity index (χ4n) is 5.52. The molecule has 1 radical (unpaired) electrons. The molecule has 3 aromatic carbocycles. The van der Waals surface area contributed by atoms with Crippen LogP contribution in [0.2, 0.25) is 13.1 Å². The summed E-state index contributed by atoms with van der Waals surface area (Å²) in [6.07, 6.45) is 3.53. The first-order valence-corrected chi connectivity index (χ1v) is 12.0. The van der Waals surface area contributed by atoms with Gasteiger partial charge in [-0.15, -0.1) is 0 Å². The maximum absolute atomic E-state index is 2.55. The van der Waals surface area contributed by atoms with E-state index in [-0.39, 0.29) is 0 Å². The monoisotopic (exact) mass is 349 g/mol. The lowest BCUT2D eigenvalue weighted by atomic mass is 9.80. The second-order valence-electron chi connectivity index (χ2n) is 8.24. The summed E-state index contributed by atoms with van der Waals surface area (Å²) < 4.78 is 0. The SMILES string of the molecule is CC1=Cc2ccccc2C1c1cc2c([Si](C)C)c3c1-c1ccc-2cc1C3. The zero-order valence-electron chi connectivity index (χ0n) is 15.5. The minimum absolute atomic E-state index is 0.414. The topological polar surface area (TPSA) is 0 Å². The molecule has 125 valence electrons. The summed E-state index contributed by atoms with van der Waals surface area (Å²) in [7, 11) is -0.502. The second kappa shape index (κ2) is 4.86. The van der Waals surface area contributed by atoms with E-state index in [1.54, 1.807) is 27.4 Å². The minimum Gasteiger partial charge on any atom is -0.0671 e. The molecule has 3 aromatic rings. The highest BCUT2D eigenvalue weighted by Crippen LogP contribution is 2.51. The van der Waals surface area contributed by atoms with Gasteiger partial charge < -0.3 is 0 Å². The predicted octanol–water partition coefficient (Wildman–Crippen LogP) is 5.75. The van der Waals surface area contributed by atoms with E-state index in [2.05, 4.69) is 74.6 Å². The van der Waals surface area contributed by atoms with Crippen molar-refractivity contribution in [3.63, 3.8) is 0 Å². The van der Waals surface area contributed by atoms with Gasteiger partial charge in [-0.2, -0.15) is 0 Å². The van der Waals surface area contributed by atoms with E-state index in [0.717, 1.165) is 6.42 Å². The normalized spacial score (nSPS) is 17.8. The average Bonchev–Trinajstić information content (AvgIpc) is 3.12. The second-order valence-corrected chi connectivity index (χ2v) is 10.7. The molecule has 0 N–H and O–H groups in total. The third-order valence-corrected chi connectivity index (χ3v) is 8.04. The van der Waals surface area contributed by atoms with E-state index < -0.39 is 8.80 Å². The van der Waals surface area contributed by atoms with Crippen LogP contribution >= 0.6 is 0 Å². The number of allylic oxidation sites excluding steroid dienone is 1. The summed E-state index contributed by atoms with van der Waals surface area (Å²) in [5.41, 5.74) is 15.1. The Labute approximate surface area is 156 Å². The first-order chi connectivity index (χ1) is 12.6. The molecular formula is C25H21Si. The van der Waals surface area contributed by atoms with Crippen LogP contribution in [-0.4, -0.2) is 8.80 Å². The van der Waals surface area contributed by atoms with Crippen LogP contribution in [0.5, 0.6) is 0 Å². The third-order valence-electron chi connectivity index (χ3n) is 6.47. The Hall–Kier alpha value is -2.38. The van der Waals surface area contributed by atoms with Gasteiger partial charge in [0.2, 0.25) is 0 Å². The molecule has 0 heterocycles. The summed E-state index contributed by atoms with van der Waals surface area (Å²) >= 11 is 0. The number of rotatable bonds is 2. The highest BCUT2D eigenvalue weighted by molar-refractivity contribution is 6.73. The van der Waals surface area contributed by atoms with Crippen LogP contribution in [0.3, 0.4) is 0 Å². The molecule has 3 aliphatic rings. The van der Waals surface area contributed by atoms with Gasteiger partial charge in [-0.1, -0.05) is 72.4 Å². The van der Waals surface area contributed by atoms with Crippen molar-refractivity contribution in [2.45, 2.75) is 32.4 Å². The van der Waals surface area contributed by atoms with E-state index in [4.69, 9.17) is 0 Å². The van der Waals surface area contributed by atoms with Crippen molar-refractivity contribution in [1.82, 2.24) is 0 Å². The van der Waals surface area contributed by atoms with Crippen molar-refractivity contribution in [3.8, 4) is 22.3 Å². The van der Waals surface area contributed by atoms with Crippen LogP contribution in [0, 0.1) is 0 Å². The van der Waals surface area contributed by atoms with Gasteiger partial charge in [0.05, 0.1) is 8.80 Å². The van der Waals surface area contributed by atoms with Gasteiger partial charge in [0.25, 0.3) is 0 Å². The number of fused-ring (bicyclic) bond motifs is 5. The van der Waals surface area contributed by atoms with Crippen molar-refractivity contribution < 1.29 is 0 Å². The van der Waals surface area contributed by atoms with E-state index in [9.17, 15) is 0 Å². The molecule has 1 atom stereocenters. The Morgan fingerprint density at radius 2 is 1.77 bits per heavy atom. The lowest BCUT2D eigenvalue weighted by molar-refractivity contribution is 0.979. The zero-order valence-corrected chi connectivity index (χ0v) is 16.5. The molecule has 0 aromatic heterocycles. The summed E-state index contributed by atoms with van der Waals surface area (Å²) in [6.45, 7) is 7.21. The molecule has 3 aliphatic carbocycles. The molecule has 0 aliphatic heterocycles. The molecule has 26 heavy (non-hydrogen) atoms. The lowest BCUT2D eigenvalue weighted by Gasteiger charge is -2.26. The molecule has 0 saturated carbocycles. The molecule has 0 fully saturated rings. The fourth-order valence-corrected chi connectivity index (χ4v) is 7.09. The van der Waals surface area contributed by atoms with Crippen molar-refractivity contribution in [1.29, 1.82) is 0 Å². The Morgan fingerprint density at radius 1 is 0.923 bits per heavy atom. The molecule has 6 rings (SSSR count). The van der Waals surface area contributed by atoms with Gasteiger partial charge in [-0.3, -0.25) is 0 Å². The van der Waals surface area contributed by atoms with Crippen LogP contribution < -0.4 is 5.19 Å². The van der Waals surface area contributed by atoms with E-state index in [0.29, 0.717) is 5.92 Å². The zero-order chi connectivity index (χ0) is 17.6. The molecule has 1 unspecified atom stereocenters. The summed E-state index contributed by atoms with van der Waals surface area (Å²) in [6, 6.07) is 18.7. The van der Waals surface area contributed by atoms with Crippen molar-refractivity contribution in [2.75, 3.05) is 0 Å². The van der Waals surface area contributed by atoms with Gasteiger partial charge in [0.1, 0.15) is 0 Å². The molecule has 0 amide bonds. The summed E-state index contributed by atoms with van der Waals surface area (Å²) in [5, 5.41) is 1.68. The maximum Gasteiger partial charge on any atom is 0.0804 e. The van der Waals surface area contributed by atoms with Gasteiger partial charge >= 0.3 is 0 Å². The maximum atomic E-state index is 2.55. The highest BCUT2D eigenvalue weighted by Gasteiger charge is 2.35. The van der Waals surface area contributed by atoms with E-state index in [1.165, 1.54) is 33.4 Å². The van der Waals surface area contributed by atoms with Gasteiger partial charge in [0.15, 0.2) is 0 Å². The molecule has 4 bridgehead atoms. The molecular weight excluding hydrogens is 328 g/mol. The molecule has 1 heteroatoms. The van der Waals surface area contributed by atoms with Gasteiger partial charge in [-0.05, 0) is 69.5 Å². The lowest BCUT2D eigenvalue weighted by Crippen LogP contribution is -2.29. The Morgan fingerprint density at radius 3 is 2.62 bits per heavy atom. The Balaban J connectivity index is 1.71. The number of hydrogen-bond donors (Lipinski definition) is 0. The van der Waals surface area contributed by atoms with Crippen LogP contribution in [-0.2, 0) is 6.42 Å². The largest absolute Gasteiger partial charge is 0.0804 e. The smallest absolute Gasteiger partial charge is 0.0671 e. The van der Waals surface area contributed by atoms with Crippen LogP contribution in [0.1, 0.15) is 40.7 Å². The van der Waals surface area contributed by atoms with Crippen molar-refractivity contribution in [3.05, 3.63) is 81.9 Å². The quantitative estimate of drug-likeness (QED) is 0.356. The van der Waals surface area contributed by atoms with Crippen molar-refractivity contribution >= 4 is 20.1 Å². The molecule has 0 nitrogen and oxygen atoms in total. The van der Waals surface area contributed by atoms with Gasteiger partial charge in [0, 0.05) is 5.92 Å². The highest BCUT2D eigenvalue weighted by atomic mass is 28.3. The number of hydrogen-bond acceptors (Lipinski definition) is 0. The average molecular weight is 350 g/mol. The fraction of sp³-hybridized carbons (Fsp3) is 0.200. The first kappa shape index (κ1) is 14.8. The first-order valence-electron chi connectivity index (χ1n) is 9.54. The van der Waals surface area contributed by atoms with Crippen LogP contribution in [0.25, 0.3) is 28.3 Å². The molecule has 0 spiro atoms. The summed E-state index contributed by atoms with van der Waals surface area (Å²) in [5.74, 6) is 0.414. The minimum atomic E-state index is -0.502. The predicted molar refractivity (Wildman–Crippen MR) is 113 cm³/mol. The van der Waals surface area contributed by atoms with Crippen LogP contribution in [0.4, 0.5) is 0 Å². The third kappa shape index (κ3) is 1.70. The Bertz CT molecular complexity index is 1150. The van der Waals surface area contributed by atoms with Crippen molar-refractivity contribution in [2.24, 2.45) is 0 Å². The van der Waals surface area contributed by atoms with E-state index >= 15 is 0 Å². The summed E-state index contributed by atoms with van der Waals surface area (Å²) in [4.78, 5) is 0. The standard InChI is InChI=1S/C25H21Si/c1-14-10-15-6-4-5-7-18(15)23(14)21-13-20-16-8-9-19-17(11-16)12-22(24(19)21)25(20)26(2)3/h4-11,13,23H,12H2,1-3H3. The van der Waals surface area contributed by atoms with Gasteiger partial charge in [-0.25, -0.2) is 0 Å². The number of benzene rings is 3. The Kier molecular flexibility index (Phi) is 2.76. The van der Waals surface area contributed by atoms with Crippen LogP contribution in [0.15, 0.2) is 54.1 Å². The van der Waals surface area contributed by atoms with E-state index in [1.807, 2.05) is 0 Å². The molecule has 0 saturated heterocycles.